The average Bonchev–Trinajstić information content (AvgIpc) is 1.41. The molecule has 0 saturated carbocycles. The fourth-order valence-corrected chi connectivity index (χ4v) is 0.158. The summed E-state index contributed by atoms with van der Waals surface area (Å²) >= 11 is 0. The van der Waals surface area contributed by atoms with Gasteiger partial charge >= 0.3 is 0 Å². The molecule has 0 fully saturated rings. The van der Waals surface area contributed by atoms with E-state index in [2.05, 4.69) is 6.92 Å². The van der Waals surface area contributed by atoms with Gasteiger partial charge in [0.25, 0.3) is 0 Å². The first-order valence-electron chi connectivity index (χ1n) is 2.02. The molecule has 0 bridgehead atoms. The van der Waals surface area contributed by atoms with E-state index in [9.17, 15) is 0 Å². The summed E-state index contributed by atoms with van der Waals surface area (Å²) in [5.41, 5.74) is 0. The Morgan fingerprint density at radius 2 is 1.56 bits per heavy atom. The van der Waals surface area contributed by atoms with E-state index in [0.29, 0.717) is 6.61 Å². The summed E-state index contributed by atoms with van der Waals surface area (Å²) in [7, 11) is 0. The zero-order valence-electron chi connectivity index (χ0n) is 6.57. The van der Waals surface area contributed by atoms with Crippen molar-refractivity contribution in [2.75, 3.05) is 6.61 Å². The third-order valence-corrected chi connectivity index (χ3v) is 0.512. The predicted octanol–water partition coefficient (Wildman–Crippen LogP) is 0.852. The zero-order chi connectivity index (χ0) is 4.12. The summed E-state index contributed by atoms with van der Waals surface area (Å²) in [6.07, 6.45) is 2.04. The molecule has 0 radical (unpaired) electrons. The fourth-order valence-electron chi connectivity index (χ4n) is 0.158. The summed E-state index contributed by atoms with van der Waals surface area (Å²) in [4.78, 5) is 0. The van der Waals surface area contributed by atoms with Gasteiger partial charge in [-0.3, -0.25) is 0 Å². The molecule has 0 saturated heterocycles. The Hall–Kier alpha value is 0.790. The van der Waals surface area contributed by atoms with Crippen molar-refractivity contribution < 1.29 is 36.4 Å². The minimum atomic E-state index is 0. The van der Waals surface area contributed by atoms with Crippen LogP contribution >= 0.6 is 0 Å². The normalized spacial score (nSPS) is 4.67. The molecule has 2 nitrogen and oxygen atoms in total. The second-order valence-electron chi connectivity index (χ2n) is 1.08. The van der Waals surface area contributed by atoms with Crippen LogP contribution in [0.2, 0.25) is 0 Å². The predicted molar refractivity (Wildman–Crippen MR) is 38.4 cm³/mol. The largest absolute Gasteiger partial charge is 0.412 e. The van der Waals surface area contributed by atoms with Gasteiger partial charge < -0.3 is 25.4 Å². The smallest absolute Gasteiger partial charge is 0.0430 e. The molecule has 0 atom stereocenters. The van der Waals surface area contributed by atoms with Gasteiger partial charge in [0.05, 0.1) is 0 Å². The molecule has 9 heavy (non-hydrogen) atoms. The molecule has 3 heteroatoms. The third kappa shape index (κ3) is 52.1. The molecular weight excluding hydrogens is 283 g/mol. The second-order valence-corrected chi connectivity index (χ2v) is 1.08. The Kier molecular flexibility index (Phi) is 136. The van der Waals surface area contributed by atoms with Crippen molar-refractivity contribution in [1.82, 2.24) is 0 Å². The van der Waals surface area contributed by atoms with E-state index in [4.69, 9.17) is 5.11 Å². The summed E-state index contributed by atoms with van der Waals surface area (Å²) in [6, 6.07) is 0. The van der Waals surface area contributed by atoms with Crippen LogP contribution in [0.3, 0.4) is 0 Å². The van der Waals surface area contributed by atoms with Crippen molar-refractivity contribution in [3.63, 3.8) is 0 Å². The number of aliphatic hydroxyl groups excluding tert-OH is 1. The quantitative estimate of drug-likeness (QED) is 0.597. The molecule has 0 aliphatic rings. The van der Waals surface area contributed by atoms with Crippen LogP contribution in [-0.2, 0) is 25.8 Å². The van der Waals surface area contributed by atoms with Crippen LogP contribution in [0.25, 0.3) is 0 Å². The third-order valence-electron chi connectivity index (χ3n) is 0.512. The standard InChI is InChI=1S/C4H10O.2CH3.Hf.H2O/c1-2-3-4-5;;;;/h5H,2-4H2,1H3;2*1H3;;1H2/q;2*-1;;. The first-order chi connectivity index (χ1) is 2.41. The summed E-state index contributed by atoms with van der Waals surface area (Å²) in [5.74, 6) is 0. The Morgan fingerprint density at radius 1 is 1.22 bits per heavy atom. The van der Waals surface area contributed by atoms with Crippen LogP contribution in [0, 0.1) is 14.9 Å². The molecule has 0 spiro atoms. The average molecular weight is 301 g/mol. The molecule has 0 rings (SSSR count). The second kappa shape index (κ2) is 37.1. The molecule has 0 aromatic heterocycles. The topological polar surface area (TPSA) is 51.7 Å². The van der Waals surface area contributed by atoms with Gasteiger partial charge in [0.2, 0.25) is 0 Å². The van der Waals surface area contributed by atoms with E-state index in [0.717, 1.165) is 12.8 Å². The Bertz CT molecular complexity index is 18.5. The Morgan fingerprint density at radius 3 is 1.56 bits per heavy atom. The van der Waals surface area contributed by atoms with Crippen molar-refractivity contribution in [1.29, 1.82) is 0 Å². The van der Waals surface area contributed by atoms with Crippen LogP contribution in [-0.4, -0.2) is 17.2 Å². The van der Waals surface area contributed by atoms with Gasteiger partial charge in [0.1, 0.15) is 0 Å². The molecule has 0 heterocycles. The van der Waals surface area contributed by atoms with Crippen molar-refractivity contribution in [2.45, 2.75) is 19.8 Å². The first-order valence-corrected chi connectivity index (χ1v) is 2.02. The molecule has 0 aromatic carbocycles. The van der Waals surface area contributed by atoms with Crippen LogP contribution in [0.1, 0.15) is 19.8 Å². The van der Waals surface area contributed by atoms with Gasteiger partial charge in [-0.15, -0.1) is 0 Å². The van der Waals surface area contributed by atoms with Gasteiger partial charge in [-0.25, -0.2) is 0 Å². The molecule has 60 valence electrons. The van der Waals surface area contributed by atoms with E-state index in [1.54, 1.807) is 0 Å². The van der Waals surface area contributed by atoms with E-state index in [1.807, 2.05) is 0 Å². The molecular formula is C6H18HfO2-2. The minimum Gasteiger partial charge on any atom is -0.412 e. The maximum Gasteiger partial charge on any atom is 0.0430 e. The number of unbranched alkanes of at least 4 members (excludes halogenated alkanes) is 1. The Balaban J connectivity index is -0.0000000133. The maximum atomic E-state index is 8.07. The molecule has 0 aliphatic heterocycles. The van der Waals surface area contributed by atoms with Crippen molar-refractivity contribution >= 4 is 0 Å². The van der Waals surface area contributed by atoms with Gasteiger partial charge in [0.15, 0.2) is 0 Å². The molecule has 0 aromatic rings. The first kappa shape index (κ1) is 33.0. The van der Waals surface area contributed by atoms with E-state index < -0.39 is 0 Å². The van der Waals surface area contributed by atoms with Gasteiger partial charge in [0, 0.05) is 32.5 Å². The molecule has 0 aliphatic carbocycles. The summed E-state index contributed by atoms with van der Waals surface area (Å²) in [5, 5.41) is 8.07. The maximum absolute atomic E-state index is 8.07. The number of aliphatic hydroxyl groups is 1. The van der Waals surface area contributed by atoms with Gasteiger partial charge in [-0.05, 0) is 6.42 Å². The minimum absolute atomic E-state index is 0. The van der Waals surface area contributed by atoms with Crippen molar-refractivity contribution in [2.24, 2.45) is 0 Å². The van der Waals surface area contributed by atoms with Crippen LogP contribution in [0.15, 0.2) is 0 Å². The van der Waals surface area contributed by atoms with E-state index in [1.165, 1.54) is 0 Å². The summed E-state index contributed by atoms with van der Waals surface area (Å²) < 4.78 is 0. The van der Waals surface area contributed by atoms with E-state index >= 15 is 0 Å². The van der Waals surface area contributed by atoms with Crippen molar-refractivity contribution in [3.8, 4) is 0 Å². The summed E-state index contributed by atoms with van der Waals surface area (Å²) in [6.45, 7) is 2.40. The monoisotopic (exact) mass is 302 g/mol. The molecule has 0 amide bonds. The van der Waals surface area contributed by atoms with Gasteiger partial charge in [-0.1, -0.05) is 13.3 Å². The molecule has 3 N–H and O–H groups in total. The number of rotatable bonds is 2. The molecule has 0 unspecified atom stereocenters. The van der Waals surface area contributed by atoms with Gasteiger partial charge in [-0.2, -0.15) is 0 Å². The van der Waals surface area contributed by atoms with Crippen LogP contribution in [0.5, 0.6) is 0 Å². The van der Waals surface area contributed by atoms with Crippen LogP contribution < -0.4 is 0 Å². The van der Waals surface area contributed by atoms with E-state index in [-0.39, 0.29) is 46.2 Å². The number of hydrogen-bond donors (Lipinski definition) is 1. The number of hydrogen-bond acceptors (Lipinski definition) is 1. The fraction of sp³-hybridized carbons (Fsp3) is 0.667. The van der Waals surface area contributed by atoms with Crippen LogP contribution in [0.4, 0.5) is 0 Å². The van der Waals surface area contributed by atoms with Crippen molar-refractivity contribution in [3.05, 3.63) is 14.9 Å². The SMILES string of the molecule is CCCCO.O.[CH3-].[CH3-].[Hf]. The Labute approximate surface area is 77.8 Å². The zero-order valence-corrected chi connectivity index (χ0v) is 10.2.